The van der Waals surface area contributed by atoms with Crippen LogP contribution in [0.5, 0.6) is 0 Å². The second-order valence-corrected chi connectivity index (χ2v) is 4.33. The maximum absolute atomic E-state index is 12.9. The first kappa shape index (κ1) is 13.4. The summed E-state index contributed by atoms with van der Waals surface area (Å²) in [5.41, 5.74) is 0. The first-order valence-corrected chi connectivity index (χ1v) is 5.81. The Morgan fingerprint density at radius 3 is 2.44 bits per heavy atom. The molecule has 1 N–H and O–H groups in total. The van der Waals surface area contributed by atoms with E-state index in [0.29, 0.717) is 6.42 Å². The van der Waals surface area contributed by atoms with E-state index in [-0.39, 0.29) is 37.9 Å². The lowest BCUT2D eigenvalue weighted by atomic mass is 10.1. The fourth-order valence-corrected chi connectivity index (χ4v) is 1.87. The molecule has 1 fully saturated rings. The molecule has 94 valence electrons. The van der Waals surface area contributed by atoms with Gasteiger partial charge in [-0.05, 0) is 13.5 Å². The van der Waals surface area contributed by atoms with E-state index < -0.39 is 5.92 Å². The van der Waals surface area contributed by atoms with Crippen LogP contribution in [0.3, 0.4) is 0 Å². The Morgan fingerprint density at radius 1 is 1.44 bits per heavy atom. The van der Waals surface area contributed by atoms with Gasteiger partial charge in [-0.3, -0.25) is 4.79 Å². The third-order valence-corrected chi connectivity index (χ3v) is 3.17. The monoisotopic (exact) mass is 234 g/mol. The molecule has 1 heterocycles. The van der Waals surface area contributed by atoms with Crippen molar-refractivity contribution in [1.29, 1.82) is 0 Å². The number of nitrogens with one attached hydrogen (secondary N) is 1. The van der Waals surface area contributed by atoms with Crippen LogP contribution in [0.1, 0.15) is 32.6 Å². The van der Waals surface area contributed by atoms with Gasteiger partial charge >= 0.3 is 0 Å². The Hall–Kier alpha value is -0.710. The summed E-state index contributed by atoms with van der Waals surface area (Å²) >= 11 is 0. The molecule has 1 atom stereocenters. The first-order chi connectivity index (χ1) is 7.48. The highest BCUT2D eigenvalue weighted by atomic mass is 19.3. The smallest absolute Gasteiger partial charge is 0.251 e. The largest absolute Gasteiger partial charge is 0.342 e. The summed E-state index contributed by atoms with van der Waals surface area (Å²) in [6, 6.07) is 0.148. The lowest BCUT2D eigenvalue weighted by Gasteiger charge is -2.32. The van der Waals surface area contributed by atoms with Gasteiger partial charge < -0.3 is 10.2 Å². The Labute approximate surface area is 95.2 Å². The molecule has 5 heteroatoms. The van der Waals surface area contributed by atoms with Gasteiger partial charge in [-0.25, -0.2) is 8.78 Å². The molecule has 0 aromatic rings. The minimum atomic E-state index is -2.58. The standard InChI is InChI=1S/C11H20F2N2O/c1-3-9(14-2)8-10(16)15-6-4-11(12,13)5-7-15/h9,14H,3-8H2,1-2H3. The van der Waals surface area contributed by atoms with Crippen molar-refractivity contribution in [2.75, 3.05) is 20.1 Å². The average molecular weight is 234 g/mol. The molecular weight excluding hydrogens is 214 g/mol. The number of rotatable bonds is 4. The maximum atomic E-state index is 12.9. The van der Waals surface area contributed by atoms with Crippen LogP contribution in [0, 0.1) is 0 Å². The van der Waals surface area contributed by atoms with Crippen LogP contribution in [0.15, 0.2) is 0 Å². The summed E-state index contributed by atoms with van der Waals surface area (Å²) in [5.74, 6) is -2.60. The molecular formula is C11H20F2N2O. The zero-order valence-electron chi connectivity index (χ0n) is 9.93. The summed E-state index contributed by atoms with van der Waals surface area (Å²) < 4.78 is 25.8. The van der Waals surface area contributed by atoms with Gasteiger partial charge in [0, 0.05) is 38.4 Å². The highest BCUT2D eigenvalue weighted by molar-refractivity contribution is 5.76. The molecule has 0 saturated carbocycles. The summed E-state index contributed by atoms with van der Waals surface area (Å²) in [4.78, 5) is 13.3. The molecule has 1 aliphatic rings. The molecule has 1 aliphatic heterocycles. The van der Waals surface area contributed by atoms with E-state index in [1.54, 1.807) is 4.90 Å². The fraction of sp³-hybridized carbons (Fsp3) is 0.909. The van der Waals surface area contributed by atoms with Crippen LogP contribution in [-0.2, 0) is 4.79 Å². The van der Waals surface area contributed by atoms with Gasteiger partial charge in [0.1, 0.15) is 0 Å². The van der Waals surface area contributed by atoms with Crippen molar-refractivity contribution >= 4 is 5.91 Å². The SMILES string of the molecule is CCC(CC(=O)N1CCC(F)(F)CC1)NC. The number of carbonyl (C=O) groups excluding carboxylic acids is 1. The lowest BCUT2D eigenvalue weighted by Crippen LogP contribution is -2.44. The van der Waals surface area contributed by atoms with Gasteiger partial charge in [0.2, 0.25) is 5.91 Å². The van der Waals surface area contributed by atoms with Crippen molar-refractivity contribution < 1.29 is 13.6 Å². The minimum absolute atomic E-state index is 0.0169. The number of carbonyl (C=O) groups is 1. The molecule has 1 saturated heterocycles. The van der Waals surface area contributed by atoms with Gasteiger partial charge in [0.15, 0.2) is 0 Å². The number of piperidine rings is 1. The van der Waals surface area contributed by atoms with Crippen molar-refractivity contribution in [3.05, 3.63) is 0 Å². The van der Waals surface area contributed by atoms with Crippen molar-refractivity contribution in [3.8, 4) is 0 Å². The van der Waals surface area contributed by atoms with E-state index in [1.807, 2.05) is 14.0 Å². The molecule has 3 nitrogen and oxygen atoms in total. The van der Waals surface area contributed by atoms with Gasteiger partial charge in [-0.2, -0.15) is 0 Å². The molecule has 0 aromatic heterocycles. The average Bonchev–Trinajstić information content (AvgIpc) is 2.25. The van der Waals surface area contributed by atoms with Crippen LogP contribution in [-0.4, -0.2) is 42.9 Å². The van der Waals surface area contributed by atoms with Crippen molar-refractivity contribution in [1.82, 2.24) is 10.2 Å². The highest BCUT2D eigenvalue weighted by Gasteiger charge is 2.35. The zero-order valence-corrected chi connectivity index (χ0v) is 9.93. The van der Waals surface area contributed by atoms with E-state index in [9.17, 15) is 13.6 Å². The van der Waals surface area contributed by atoms with E-state index >= 15 is 0 Å². The fourth-order valence-electron chi connectivity index (χ4n) is 1.87. The third-order valence-electron chi connectivity index (χ3n) is 3.17. The predicted octanol–water partition coefficient (Wildman–Crippen LogP) is 1.63. The van der Waals surface area contributed by atoms with Crippen molar-refractivity contribution in [2.24, 2.45) is 0 Å². The molecule has 0 aromatic carbocycles. The van der Waals surface area contributed by atoms with E-state index in [0.717, 1.165) is 6.42 Å². The van der Waals surface area contributed by atoms with Crippen LogP contribution in [0.25, 0.3) is 0 Å². The van der Waals surface area contributed by atoms with Gasteiger partial charge in [-0.1, -0.05) is 6.92 Å². The molecule has 0 spiro atoms. The summed E-state index contributed by atoms with van der Waals surface area (Å²) in [7, 11) is 1.81. The highest BCUT2D eigenvalue weighted by Crippen LogP contribution is 2.27. The quantitative estimate of drug-likeness (QED) is 0.802. The second-order valence-electron chi connectivity index (χ2n) is 4.33. The molecule has 0 radical (unpaired) electrons. The zero-order chi connectivity index (χ0) is 12.2. The first-order valence-electron chi connectivity index (χ1n) is 5.81. The third kappa shape index (κ3) is 3.70. The van der Waals surface area contributed by atoms with E-state index in [1.165, 1.54) is 0 Å². The molecule has 0 bridgehead atoms. The Kier molecular flexibility index (Phi) is 4.65. The van der Waals surface area contributed by atoms with Crippen LogP contribution in [0.4, 0.5) is 8.78 Å². The van der Waals surface area contributed by atoms with Crippen molar-refractivity contribution in [2.45, 2.75) is 44.6 Å². The van der Waals surface area contributed by atoms with Gasteiger partial charge in [0.05, 0.1) is 0 Å². The van der Waals surface area contributed by atoms with Crippen LogP contribution >= 0.6 is 0 Å². The number of likely N-dealkylation sites (tertiary alicyclic amines) is 1. The molecule has 1 rings (SSSR count). The number of nitrogens with zero attached hydrogens (tertiary/aromatic N) is 1. The minimum Gasteiger partial charge on any atom is -0.342 e. The normalized spacial score (nSPS) is 21.9. The molecule has 16 heavy (non-hydrogen) atoms. The van der Waals surface area contributed by atoms with E-state index in [2.05, 4.69) is 5.32 Å². The Bertz CT molecular complexity index is 232. The molecule has 0 aliphatic carbocycles. The lowest BCUT2D eigenvalue weighted by molar-refractivity contribution is -0.137. The second kappa shape index (κ2) is 5.57. The Morgan fingerprint density at radius 2 is 2.00 bits per heavy atom. The van der Waals surface area contributed by atoms with Gasteiger partial charge in [-0.15, -0.1) is 0 Å². The van der Waals surface area contributed by atoms with Crippen LogP contribution < -0.4 is 5.32 Å². The summed E-state index contributed by atoms with van der Waals surface area (Å²) in [6.07, 6.45) is 0.870. The number of halogens is 2. The summed E-state index contributed by atoms with van der Waals surface area (Å²) in [6.45, 7) is 2.37. The molecule has 1 unspecified atom stereocenters. The van der Waals surface area contributed by atoms with E-state index in [4.69, 9.17) is 0 Å². The Balaban J connectivity index is 2.38. The van der Waals surface area contributed by atoms with Crippen LogP contribution in [0.2, 0.25) is 0 Å². The summed E-state index contributed by atoms with van der Waals surface area (Å²) in [5, 5.41) is 3.04. The topological polar surface area (TPSA) is 32.3 Å². The predicted molar refractivity (Wildman–Crippen MR) is 58.5 cm³/mol. The number of amides is 1. The number of hydrogen-bond donors (Lipinski definition) is 1. The van der Waals surface area contributed by atoms with Crippen molar-refractivity contribution in [3.63, 3.8) is 0 Å². The number of alkyl halides is 2. The molecule has 1 amide bonds. The van der Waals surface area contributed by atoms with Gasteiger partial charge in [0.25, 0.3) is 5.92 Å². The maximum Gasteiger partial charge on any atom is 0.251 e. The number of hydrogen-bond acceptors (Lipinski definition) is 2.